The molecule has 22 heavy (non-hydrogen) atoms. The summed E-state index contributed by atoms with van der Waals surface area (Å²) in [6.07, 6.45) is 5.53. The van der Waals surface area contributed by atoms with Crippen LogP contribution in [0.2, 0.25) is 0 Å². The quantitative estimate of drug-likeness (QED) is 0.405. The molecule has 0 atom stereocenters. The minimum absolute atomic E-state index is 1.08. The Hall–Kier alpha value is -2.45. The van der Waals surface area contributed by atoms with E-state index in [4.69, 9.17) is 0 Å². The van der Waals surface area contributed by atoms with E-state index in [9.17, 15) is 0 Å². The van der Waals surface area contributed by atoms with Crippen LogP contribution in [0.1, 0.15) is 11.1 Å². The minimum atomic E-state index is 1.08. The summed E-state index contributed by atoms with van der Waals surface area (Å²) in [5.41, 5.74) is 5.78. The molecule has 0 spiro atoms. The molecule has 1 aliphatic rings. The highest BCUT2D eigenvalue weighted by Crippen LogP contribution is 2.27. The molecule has 4 aromatic rings. The number of aromatic nitrogens is 1. The maximum absolute atomic E-state index is 4.14. The fraction of sp³-hybridized carbons (Fsp3) is 0.0500. The average molecular weight is 301 g/mol. The molecule has 0 saturated heterocycles. The standard InChI is InChI=1S/C13H10.C7H5NS/c1-4-10-6-2-8-12-9-3-7-11(5-1)13(10)12;1-2-4-7-6(3-1)8-5-9-7/h1-8H,9H2;1-5H. The van der Waals surface area contributed by atoms with Gasteiger partial charge in [-0.05, 0) is 40.5 Å². The lowest BCUT2D eigenvalue weighted by Gasteiger charge is -2.11. The van der Waals surface area contributed by atoms with Crippen LogP contribution in [-0.2, 0) is 6.42 Å². The molecule has 0 unspecified atom stereocenters. The molecule has 0 amide bonds. The van der Waals surface area contributed by atoms with Crippen molar-refractivity contribution >= 4 is 38.4 Å². The van der Waals surface area contributed by atoms with Crippen LogP contribution in [0, 0.1) is 0 Å². The lowest BCUT2D eigenvalue weighted by atomic mass is 9.93. The van der Waals surface area contributed by atoms with Crippen LogP contribution in [0.3, 0.4) is 0 Å². The van der Waals surface area contributed by atoms with Crippen molar-refractivity contribution in [2.45, 2.75) is 6.42 Å². The van der Waals surface area contributed by atoms with Crippen molar-refractivity contribution < 1.29 is 0 Å². The van der Waals surface area contributed by atoms with Crippen LogP contribution in [0.4, 0.5) is 0 Å². The van der Waals surface area contributed by atoms with E-state index in [0.29, 0.717) is 0 Å². The van der Waals surface area contributed by atoms with Crippen molar-refractivity contribution in [2.75, 3.05) is 0 Å². The highest BCUT2D eigenvalue weighted by molar-refractivity contribution is 7.16. The molecule has 5 rings (SSSR count). The van der Waals surface area contributed by atoms with Crippen LogP contribution < -0.4 is 0 Å². The van der Waals surface area contributed by atoms with Crippen molar-refractivity contribution in [3.8, 4) is 0 Å². The maximum Gasteiger partial charge on any atom is 0.0812 e. The zero-order chi connectivity index (χ0) is 14.8. The van der Waals surface area contributed by atoms with Gasteiger partial charge in [0.15, 0.2) is 0 Å². The molecule has 0 bridgehead atoms. The fourth-order valence-electron chi connectivity index (χ4n) is 2.87. The van der Waals surface area contributed by atoms with Gasteiger partial charge >= 0.3 is 0 Å². The lowest BCUT2D eigenvalue weighted by molar-refractivity contribution is 1.29. The van der Waals surface area contributed by atoms with Gasteiger partial charge in [0.25, 0.3) is 0 Å². The molecule has 0 fully saturated rings. The molecule has 0 saturated carbocycles. The highest BCUT2D eigenvalue weighted by atomic mass is 32.1. The molecule has 1 aromatic heterocycles. The molecular weight excluding hydrogens is 286 g/mol. The van der Waals surface area contributed by atoms with E-state index < -0.39 is 0 Å². The minimum Gasteiger partial charge on any atom is -0.245 e. The molecule has 0 N–H and O–H groups in total. The van der Waals surface area contributed by atoms with Gasteiger partial charge in [-0.25, -0.2) is 4.98 Å². The van der Waals surface area contributed by atoms with E-state index in [-0.39, 0.29) is 0 Å². The second kappa shape index (κ2) is 5.74. The van der Waals surface area contributed by atoms with Gasteiger partial charge in [-0.3, -0.25) is 0 Å². The van der Waals surface area contributed by atoms with Gasteiger partial charge in [-0.2, -0.15) is 0 Å². The Kier molecular flexibility index (Phi) is 3.45. The number of hydrogen-bond acceptors (Lipinski definition) is 2. The van der Waals surface area contributed by atoms with Gasteiger partial charge in [-0.1, -0.05) is 60.7 Å². The Morgan fingerprint density at radius 1 is 0.864 bits per heavy atom. The van der Waals surface area contributed by atoms with Crippen LogP contribution in [0.5, 0.6) is 0 Å². The van der Waals surface area contributed by atoms with E-state index >= 15 is 0 Å². The summed E-state index contributed by atoms with van der Waals surface area (Å²) in [6.45, 7) is 0. The Balaban J connectivity index is 0.000000122. The summed E-state index contributed by atoms with van der Waals surface area (Å²) in [6, 6.07) is 21.2. The number of allylic oxidation sites excluding steroid dienone is 1. The lowest BCUT2D eigenvalue weighted by Crippen LogP contribution is -1.91. The van der Waals surface area contributed by atoms with Gasteiger partial charge in [0, 0.05) is 0 Å². The van der Waals surface area contributed by atoms with Gasteiger partial charge in [0.2, 0.25) is 0 Å². The normalized spacial score (nSPS) is 12.2. The highest BCUT2D eigenvalue weighted by Gasteiger charge is 2.06. The Morgan fingerprint density at radius 2 is 1.73 bits per heavy atom. The number of thiazole rings is 1. The molecule has 0 radical (unpaired) electrons. The number of nitrogens with zero attached hydrogens (tertiary/aromatic N) is 1. The summed E-state index contributed by atoms with van der Waals surface area (Å²) in [5.74, 6) is 0. The maximum atomic E-state index is 4.14. The van der Waals surface area contributed by atoms with Crippen LogP contribution in [0.25, 0.3) is 27.1 Å². The number of benzene rings is 3. The molecule has 1 heterocycles. The van der Waals surface area contributed by atoms with Crippen LogP contribution in [-0.4, -0.2) is 4.98 Å². The van der Waals surface area contributed by atoms with Crippen molar-refractivity contribution in [3.63, 3.8) is 0 Å². The molecule has 2 heteroatoms. The van der Waals surface area contributed by atoms with Crippen molar-refractivity contribution in [2.24, 2.45) is 0 Å². The van der Waals surface area contributed by atoms with Gasteiger partial charge < -0.3 is 0 Å². The average Bonchev–Trinajstić information content (AvgIpc) is 3.05. The third kappa shape index (κ3) is 2.42. The smallest absolute Gasteiger partial charge is 0.0812 e. The zero-order valence-corrected chi connectivity index (χ0v) is 12.9. The van der Waals surface area contributed by atoms with E-state index in [1.807, 2.05) is 23.7 Å². The number of hydrogen-bond donors (Lipinski definition) is 0. The summed E-state index contributed by atoms with van der Waals surface area (Å²) in [7, 11) is 0. The largest absolute Gasteiger partial charge is 0.245 e. The Bertz CT molecular complexity index is 930. The summed E-state index contributed by atoms with van der Waals surface area (Å²) in [5, 5.41) is 2.80. The zero-order valence-electron chi connectivity index (χ0n) is 12.1. The first kappa shape index (κ1) is 13.2. The number of para-hydroxylation sites is 1. The van der Waals surface area contributed by atoms with Crippen LogP contribution >= 0.6 is 11.3 Å². The summed E-state index contributed by atoms with van der Waals surface area (Å²) < 4.78 is 1.26. The fourth-order valence-corrected chi connectivity index (χ4v) is 3.55. The van der Waals surface area contributed by atoms with E-state index in [2.05, 4.69) is 59.6 Å². The van der Waals surface area contributed by atoms with E-state index in [0.717, 1.165) is 11.9 Å². The first-order chi connectivity index (χ1) is 10.9. The van der Waals surface area contributed by atoms with Crippen molar-refractivity contribution in [1.29, 1.82) is 0 Å². The molecular formula is C20H15NS. The first-order valence-electron chi connectivity index (χ1n) is 7.37. The predicted octanol–water partition coefficient (Wildman–Crippen LogP) is 5.71. The van der Waals surface area contributed by atoms with E-state index in [1.54, 1.807) is 11.3 Å². The Morgan fingerprint density at radius 3 is 2.64 bits per heavy atom. The monoisotopic (exact) mass is 301 g/mol. The SMILES string of the molecule is C1=Cc2cccc3cccc(c23)C1.c1ccc2scnc2c1. The third-order valence-corrected chi connectivity index (χ3v) is 4.71. The first-order valence-corrected chi connectivity index (χ1v) is 8.25. The summed E-state index contributed by atoms with van der Waals surface area (Å²) >= 11 is 1.68. The number of rotatable bonds is 0. The molecule has 1 nitrogen and oxygen atoms in total. The van der Waals surface area contributed by atoms with E-state index in [1.165, 1.54) is 26.6 Å². The van der Waals surface area contributed by atoms with Crippen LogP contribution in [0.15, 0.2) is 72.3 Å². The van der Waals surface area contributed by atoms with Crippen molar-refractivity contribution in [1.82, 2.24) is 4.98 Å². The topological polar surface area (TPSA) is 12.9 Å². The van der Waals surface area contributed by atoms with Gasteiger partial charge in [0.05, 0.1) is 15.7 Å². The van der Waals surface area contributed by atoms with Crippen molar-refractivity contribution in [3.05, 3.63) is 83.4 Å². The molecule has 3 aromatic carbocycles. The second-order valence-electron chi connectivity index (χ2n) is 5.29. The predicted molar refractivity (Wildman–Crippen MR) is 96.3 cm³/mol. The second-order valence-corrected chi connectivity index (χ2v) is 6.18. The Labute approximate surface area is 133 Å². The molecule has 106 valence electrons. The number of fused-ring (bicyclic) bond motifs is 1. The summed E-state index contributed by atoms with van der Waals surface area (Å²) in [4.78, 5) is 4.14. The molecule has 1 aliphatic carbocycles. The van der Waals surface area contributed by atoms with Gasteiger partial charge in [0.1, 0.15) is 0 Å². The molecule has 0 aliphatic heterocycles. The van der Waals surface area contributed by atoms with Gasteiger partial charge in [-0.15, -0.1) is 11.3 Å². The third-order valence-electron chi connectivity index (χ3n) is 3.90.